The van der Waals surface area contributed by atoms with E-state index in [1.807, 2.05) is 19.3 Å². The summed E-state index contributed by atoms with van der Waals surface area (Å²) in [4.78, 5) is 5.77. The molecule has 0 N–H and O–H groups in total. The highest BCUT2D eigenvalue weighted by molar-refractivity contribution is 7.99. The van der Waals surface area contributed by atoms with Crippen LogP contribution in [-0.2, 0) is 13.1 Å². The molecule has 3 aromatic heterocycles. The van der Waals surface area contributed by atoms with Gasteiger partial charge < -0.3 is 9.13 Å². The first-order valence-electron chi connectivity index (χ1n) is 7.29. The Hall–Kier alpha value is -1.60. The van der Waals surface area contributed by atoms with Gasteiger partial charge in [0, 0.05) is 31.2 Å². The molecule has 0 aliphatic heterocycles. The molecule has 3 heterocycles. The number of hydrogen-bond donors (Lipinski definition) is 0. The van der Waals surface area contributed by atoms with Gasteiger partial charge in [0.25, 0.3) is 0 Å². The van der Waals surface area contributed by atoms with Crippen LogP contribution in [0.25, 0.3) is 10.7 Å². The van der Waals surface area contributed by atoms with Gasteiger partial charge >= 0.3 is 0 Å². The van der Waals surface area contributed by atoms with Crippen molar-refractivity contribution in [2.75, 3.05) is 5.75 Å². The Balaban J connectivity index is 1.68. The molecule has 5 nitrogen and oxygen atoms in total. The van der Waals surface area contributed by atoms with Crippen molar-refractivity contribution < 1.29 is 0 Å². The van der Waals surface area contributed by atoms with E-state index < -0.39 is 0 Å². The molecule has 116 valence electrons. The molecule has 0 fully saturated rings. The molecular weight excluding hydrogens is 314 g/mol. The van der Waals surface area contributed by atoms with E-state index in [2.05, 4.69) is 49.6 Å². The lowest BCUT2D eigenvalue weighted by Crippen LogP contribution is -2.04. The summed E-state index contributed by atoms with van der Waals surface area (Å²) in [5.74, 6) is 2.98. The quantitative estimate of drug-likeness (QED) is 0.646. The smallest absolute Gasteiger partial charge is 0.191 e. The number of aromatic nitrogens is 5. The molecule has 0 spiro atoms. The van der Waals surface area contributed by atoms with Crippen LogP contribution in [0.15, 0.2) is 29.0 Å². The molecule has 7 heteroatoms. The highest BCUT2D eigenvalue weighted by Gasteiger charge is 2.11. The molecule has 0 bridgehead atoms. The second-order valence-corrected chi connectivity index (χ2v) is 6.98. The number of imidazole rings is 1. The molecule has 0 saturated carbocycles. The van der Waals surface area contributed by atoms with Gasteiger partial charge in [-0.25, -0.2) is 4.98 Å². The third-order valence-corrected chi connectivity index (χ3v) is 5.52. The molecule has 0 unspecified atom stereocenters. The largest absolute Gasteiger partial charge is 0.329 e. The van der Waals surface area contributed by atoms with Crippen LogP contribution in [0.5, 0.6) is 0 Å². The summed E-state index contributed by atoms with van der Waals surface area (Å²) in [6, 6.07) is 2.14. The summed E-state index contributed by atoms with van der Waals surface area (Å²) in [6.45, 7) is 8.06. The molecule has 0 saturated heterocycles. The van der Waals surface area contributed by atoms with Gasteiger partial charge in [-0.3, -0.25) is 0 Å². The number of thioether (sulfide) groups is 1. The maximum absolute atomic E-state index is 4.51. The van der Waals surface area contributed by atoms with E-state index in [1.54, 1.807) is 23.1 Å². The molecule has 0 aliphatic rings. The summed E-state index contributed by atoms with van der Waals surface area (Å²) < 4.78 is 4.36. The third kappa shape index (κ3) is 2.96. The van der Waals surface area contributed by atoms with Gasteiger partial charge in [-0.1, -0.05) is 11.8 Å². The maximum Gasteiger partial charge on any atom is 0.191 e. The van der Waals surface area contributed by atoms with E-state index in [0.717, 1.165) is 35.6 Å². The minimum Gasteiger partial charge on any atom is -0.329 e. The van der Waals surface area contributed by atoms with Gasteiger partial charge in [-0.15, -0.1) is 21.5 Å². The number of thiophene rings is 1. The van der Waals surface area contributed by atoms with E-state index in [9.17, 15) is 0 Å². The van der Waals surface area contributed by atoms with Gasteiger partial charge in [0.15, 0.2) is 5.16 Å². The minimum atomic E-state index is 0.909. The third-order valence-electron chi connectivity index (χ3n) is 3.56. The van der Waals surface area contributed by atoms with Crippen LogP contribution in [0.1, 0.15) is 18.3 Å². The van der Waals surface area contributed by atoms with Crippen LogP contribution in [0.4, 0.5) is 0 Å². The average Bonchev–Trinajstić information content (AvgIpc) is 3.20. The highest BCUT2D eigenvalue weighted by Crippen LogP contribution is 2.28. The summed E-state index contributed by atoms with van der Waals surface area (Å²) in [5.41, 5.74) is 1.28. The molecule has 0 aliphatic carbocycles. The second kappa shape index (κ2) is 6.66. The average molecular weight is 333 g/mol. The van der Waals surface area contributed by atoms with Crippen LogP contribution < -0.4 is 0 Å². The molecule has 22 heavy (non-hydrogen) atoms. The standard InChI is InChI=1S/C15H19N5S2/c1-4-20-12(3)17-18-15(20)22-10-8-19-7-6-16-14(19)13-11(2)5-9-21-13/h5-7,9H,4,8,10H2,1-3H3. The van der Waals surface area contributed by atoms with Gasteiger partial charge in [0.2, 0.25) is 0 Å². The zero-order chi connectivity index (χ0) is 15.5. The van der Waals surface area contributed by atoms with Crippen LogP contribution >= 0.6 is 23.1 Å². The van der Waals surface area contributed by atoms with Crippen LogP contribution in [-0.4, -0.2) is 30.1 Å². The van der Waals surface area contributed by atoms with Crippen molar-refractivity contribution in [2.24, 2.45) is 0 Å². The van der Waals surface area contributed by atoms with Crippen molar-refractivity contribution in [3.63, 3.8) is 0 Å². The van der Waals surface area contributed by atoms with Gasteiger partial charge in [0.05, 0.1) is 4.88 Å². The van der Waals surface area contributed by atoms with Crippen LogP contribution in [0.2, 0.25) is 0 Å². The van der Waals surface area contributed by atoms with E-state index in [4.69, 9.17) is 0 Å². The molecular formula is C15H19N5S2. The van der Waals surface area contributed by atoms with E-state index in [-0.39, 0.29) is 0 Å². The predicted molar refractivity (Wildman–Crippen MR) is 91.4 cm³/mol. The summed E-state index contributed by atoms with van der Waals surface area (Å²) in [5, 5.41) is 11.5. The van der Waals surface area contributed by atoms with Crippen LogP contribution in [0.3, 0.4) is 0 Å². The number of nitrogens with zero attached hydrogens (tertiary/aromatic N) is 5. The van der Waals surface area contributed by atoms with Crippen LogP contribution in [0, 0.1) is 13.8 Å². The van der Waals surface area contributed by atoms with E-state index >= 15 is 0 Å². The molecule has 3 rings (SSSR count). The molecule has 0 aromatic carbocycles. The van der Waals surface area contributed by atoms with Crippen molar-refractivity contribution >= 4 is 23.1 Å². The lowest BCUT2D eigenvalue weighted by atomic mass is 10.3. The van der Waals surface area contributed by atoms with Gasteiger partial charge in [-0.2, -0.15) is 0 Å². The van der Waals surface area contributed by atoms with E-state index in [0.29, 0.717) is 0 Å². The Morgan fingerprint density at radius 3 is 2.86 bits per heavy atom. The fraction of sp³-hybridized carbons (Fsp3) is 0.400. The summed E-state index contributed by atoms with van der Waals surface area (Å²) in [6.07, 6.45) is 3.92. The topological polar surface area (TPSA) is 48.5 Å². The first-order chi connectivity index (χ1) is 10.7. The lowest BCUT2D eigenvalue weighted by molar-refractivity contribution is 0.660. The SMILES string of the molecule is CCn1c(C)nnc1SCCn1ccnc1-c1sccc1C. The van der Waals surface area contributed by atoms with Gasteiger partial charge in [-0.05, 0) is 37.8 Å². The Morgan fingerprint density at radius 2 is 2.14 bits per heavy atom. The zero-order valence-electron chi connectivity index (χ0n) is 13.0. The second-order valence-electron chi connectivity index (χ2n) is 5.00. The zero-order valence-corrected chi connectivity index (χ0v) is 14.6. The van der Waals surface area contributed by atoms with Crippen molar-refractivity contribution in [1.29, 1.82) is 0 Å². The van der Waals surface area contributed by atoms with Crippen molar-refractivity contribution in [3.8, 4) is 10.7 Å². The predicted octanol–water partition coefficient (Wildman–Crippen LogP) is 3.63. The summed E-state index contributed by atoms with van der Waals surface area (Å²) >= 11 is 3.49. The normalized spacial score (nSPS) is 11.2. The summed E-state index contributed by atoms with van der Waals surface area (Å²) in [7, 11) is 0. The Bertz CT molecular complexity index is 756. The highest BCUT2D eigenvalue weighted by atomic mass is 32.2. The molecule has 0 atom stereocenters. The first-order valence-corrected chi connectivity index (χ1v) is 9.15. The van der Waals surface area contributed by atoms with E-state index in [1.165, 1.54) is 10.4 Å². The van der Waals surface area contributed by atoms with Crippen molar-refractivity contribution in [2.45, 2.75) is 39.0 Å². The first kappa shape index (κ1) is 15.3. The molecule has 0 radical (unpaired) electrons. The minimum absolute atomic E-state index is 0.909. The molecule has 0 amide bonds. The van der Waals surface area contributed by atoms with Crippen molar-refractivity contribution in [3.05, 3.63) is 35.2 Å². The number of rotatable bonds is 6. The fourth-order valence-electron chi connectivity index (χ4n) is 2.37. The van der Waals surface area contributed by atoms with Gasteiger partial charge in [0.1, 0.15) is 11.6 Å². The fourth-order valence-corrected chi connectivity index (χ4v) is 4.29. The Kier molecular flexibility index (Phi) is 4.63. The number of hydrogen-bond acceptors (Lipinski definition) is 5. The van der Waals surface area contributed by atoms with Crippen molar-refractivity contribution in [1.82, 2.24) is 24.3 Å². The Labute approximate surface area is 138 Å². The molecule has 3 aromatic rings. The lowest BCUT2D eigenvalue weighted by Gasteiger charge is -2.08. The monoisotopic (exact) mass is 333 g/mol. The Morgan fingerprint density at radius 1 is 1.27 bits per heavy atom. The maximum atomic E-state index is 4.51. The number of aryl methyl sites for hydroxylation is 3.